The van der Waals surface area contributed by atoms with Crippen LogP contribution in [0.1, 0.15) is 62.3 Å². The van der Waals surface area contributed by atoms with Gasteiger partial charge >= 0.3 is 0 Å². The molecule has 0 radical (unpaired) electrons. The Kier molecular flexibility index (Phi) is 12.0. The van der Waals surface area contributed by atoms with Crippen molar-refractivity contribution in [3.8, 4) is 0 Å². The third-order valence-corrected chi connectivity index (χ3v) is 22.5. The van der Waals surface area contributed by atoms with E-state index in [0.717, 1.165) is 0 Å². The fraction of sp³-hybridized carbons (Fsp3) is 0.852. The molecule has 8 nitrogen and oxygen atoms in total. The summed E-state index contributed by atoms with van der Waals surface area (Å²) in [6.45, 7) is 33.8. The maximum Gasteiger partial charge on any atom is 0.251 e. The number of aliphatic hydroxyl groups excluding tert-OH is 1. The van der Waals surface area contributed by atoms with Gasteiger partial charge in [0.2, 0.25) is 0 Å². The minimum Gasteiger partial charge on any atom is -0.414 e. The highest BCUT2D eigenvalue weighted by atomic mass is 32.1. The van der Waals surface area contributed by atoms with Crippen LogP contribution in [-0.2, 0) is 18.0 Å². The van der Waals surface area contributed by atoms with Crippen LogP contribution in [0.2, 0.25) is 54.4 Å². The largest absolute Gasteiger partial charge is 0.414 e. The van der Waals surface area contributed by atoms with Crippen LogP contribution in [0.3, 0.4) is 0 Å². The van der Waals surface area contributed by atoms with E-state index >= 15 is 0 Å². The molecular weight excluding hydrogens is 565 g/mol. The van der Waals surface area contributed by atoms with Crippen LogP contribution in [0.15, 0.2) is 17.1 Å². The molecule has 1 aromatic heterocycles. The Hall–Kier alpha value is -0.449. The van der Waals surface area contributed by atoms with Gasteiger partial charge in [-0.2, -0.15) is 0 Å². The number of ether oxygens (including phenoxy) is 1. The molecule has 0 saturated carbocycles. The molecule has 1 unspecified atom stereocenters. The number of hydrogen-bond acceptors (Lipinski definition) is 7. The van der Waals surface area contributed by atoms with Crippen molar-refractivity contribution >= 4 is 37.2 Å². The van der Waals surface area contributed by atoms with Gasteiger partial charge in [-0.25, -0.2) is 0 Å². The van der Waals surface area contributed by atoms with Crippen molar-refractivity contribution in [1.29, 1.82) is 0 Å². The summed E-state index contributed by atoms with van der Waals surface area (Å²) >= 11 is 4.59. The Balaban J connectivity index is 0.000000806. The van der Waals surface area contributed by atoms with Crippen molar-refractivity contribution in [3.63, 3.8) is 0 Å². The average molecular weight is 621 g/mol. The number of aromatic amines is 2. The van der Waals surface area contributed by atoms with E-state index < -0.39 is 37.3 Å². The summed E-state index contributed by atoms with van der Waals surface area (Å²) in [5.74, 6) is 0. The summed E-state index contributed by atoms with van der Waals surface area (Å²) in [6.07, 6.45) is -0.677. The van der Waals surface area contributed by atoms with Crippen LogP contribution in [0.5, 0.6) is 0 Å². The summed E-state index contributed by atoms with van der Waals surface area (Å²) in [5, 5.41) is 11.1. The fourth-order valence-electron chi connectivity index (χ4n) is 3.03. The van der Waals surface area contributed by atoms with E-state index in [-0.39, 0.29) is 32.9 Å². The minimum absolute atomic E-state index is 0.0317. The molecule has 0 aromatic carbocycles. The van der Waals surface area contributed by atoms with Gasteiger partial charge in [-0.05, 0) is 66.6 Å². The number of nitrogens with one attached hydrogen (secondary N) is 2. The lowest BCUT2D eigenvalue weighted by atomic mass is 10.1. The van der Waals surface area contributed by atoms with Crippen LogP contribution in [0, 0.1) is 4.77 Å². The molecule has 1 saturated heterocycles. The van der Waals surface area contributed by atoms with E-state index in [1.54, 1.807) is 0 Å². The molecule has 0 bridgehead atoms. The molecule has 0 aliphatic carbocycles. The zero-order chi connectivity index (χ0) is 30.8. The molecule has 39 heavy (non-hydrogen) atoms. The first kappa shape index (κ1) is 36.6. The molecule has 1 aliphatic rings. The normalized spacial score (nSPS) is 23.4. The van der Waals surface area contributed by atoms with Crippen LogP contribution in [0.25, 0.3) is 0 Å². The van der Waals surface area contributed by atoms with Crippen LogP contribution in [-0.4, -0.2) is 71.2 Å². The highest BCUT2D eigenvalue weighted by Gasteiger charge is 2.54. The maximum atomic E-state index is 10.9. The maximum absolute atomic E-state index is 10.9. The summed E-state index contributed by atoms with van der Waals surface area (Å²) in [4.78, 5) is 15.4. The summed E-state index contributed by atoms with van der Waals surface area (Å²) in [6, 6.07) is 1.37. The van der Waals surface area contributed by atoms with E-state index in [9.17, 15) is 9.90 Å². The zero-order valence-electron chi connectivity index (χ0n) is 27.1. The van der Waals surface area contributed by atoms with Gasteiger partial charge in [-0.1, -0.05) is 62.3 Å². The van der Waals surface area contributed by atoms with Crippen molar-refractivity contribution in [1.82, 2.24) is 9.97 Å². The van der Waals surface area contributed by atoms with Crippen molar-refractivity contribution in [2.45, 2.75) is 141 Å². The van der Waals surface area contributed by atoms with Gasteiger partial charge in [-0.3, -0.25) is 9.78 Å². The smallest absolute Gasteiger partial charge is 0.251 e. The van der Waals surface area contributed by atoms with E-state index in [1.807, 2.05) is 0 Å². The predicted octanol–water partition coefficient (Wildman–Crippen LogP) is 6.94. The lowest BCUT2D eigenvalue weighted by Gasteiger charge is -2.44. The highest BCUT2D eigenvalue weighted by Crippen LogP contribution is 2.44. The monoisotopic (exact) mass is 620 g/mol. The highest BCUT2D eigenvalue weighted by molar-refractivity contribution is 7.71. The van der Waals surface area contributed by atoms with Crippen LogP contribution < -0.4 is 5.56 Å². The Morgan fingerprint density at radius 3 is 1.64 bits per heavy atom. The van der Waals surface area contributed by atoms with E-state index in [1.165, 1.54) is 12.3 Å². The molecular formula is C27H56N2O6SSi3. The predicted molar refractivity (Wildman–Crippen MR) is 170 cm³/mol. The van der Waals surface area contributed by atoms with E-state index in [2.05, 4.69) is 124 Å². The molecule has 228 valence electrons. The lowest BCUT2D eigenvalue weighted by molar-refractivity contribution is -0.129. The molecule has 1 aliphatic heterocycles. The van der Waals surface area contributed by atoms with Crippen LogP contribution in [0.4, 0.5) is 0 Å². The number of H-pyrrole nitrogens is 2. The quantitative estimate of drug-likeness (QED) is 0.224. The summed E-state index contributed by atoms with van der Waals surface area (Å²) < 4.78 is 26.5. The van der Waals surface area contributed by atoms with E-state index in [4.69, 9.17) is 18.0 Å². The molecule has 2 rings (SSSR count). The zero-order valence-corrected chi connectivity index (χ0v) is 30.9. The molecule has 0 spiro atoms. The van der Waals surface area contributed by atoms with Crippen molar-refractivity contribution < 1.29 is 23.1 Å². The van der Waals surface area contributed by atoms with Gasteiger partial charge in [0, 0.05) is 12.3 Å². The Morgan fingerprint density at radius 1 is 0.846 bits per heavy atom. The molecule has 4 atom stereocenters. The third-order valence-electron chi connectivity index (χ3n) is 8.86. The number of hydrogen-bond donors (Lipinski definition) is 3. The second kappa shape index (κ2) is 12.8. The van der Waals surface area contributed by atoms with Crippen molar-refractivity contribution in [2.75, 3.05) is 6.61 Å². The van der Waals surface area contributed by atoms with Gasteiger partial charge < -0.3 is 28.1 Å². The first-order valence-electron chi connectivity index (χ1n) is 13.8. The Bertz CT molecular complexity index is 1010. The van der Waals surface area contributed by atoms with Gasteiger partial charge in [0.25, 0.3) is 5.56 Å². The number of aromatic nitrogens is 2. The Morgan fingerprint density at radius 2 is 1.28 bits per heavy atom. The standard InChI is InChI=1S/C23H52O5Si3.C4H4N2OS/c1-21(2,3)29(10,11)25-16-17-18(27-30(12,13)22(4,5)6)19(20(24)26-17)28-31(14,15)23(7,8)9;7-3-1-2-5-4(8)6-3/h17-20,24H,16H2,1-15H3;1-2H,(H2,5,6,7,8)/t17-,18-,19+,20?;/m1./s1. The second-order valence-electron chi connectivity index (χ2n) is 15.1. The summed E-state index contributed by atoms with van der Waals surface area (Å²) in [5.41, 5.74) is -0.172. The number of aliphatic hydroxyl groups is 1. The fourth-order valence-corrected chi connectivity index (χ4v) is 6.82. The molecule has 1 aromatic rings. The van der Waals surface area contributed by atoms with Gasteiger partial charge in [0.05, 0.1) is 6.61 Å². The average Bonchev–Trinajstić information content (AvgIpc) is 2.98. The van der Waals surface area contributed by atoms with Gasteiger partial charge in [0.15, 0.2) is 36.0 Å². The third kappa shape index (κ3) is 10.1. The molecule has 0 amide bonds. The second-order valence-corrected chi connectivity index (χ2v) is 29.8. The SMILES string of the molecule is CC(C)(C)[Si](C)(C)OC[C@H]1OC(O)[C@@H](O[Si](C)(C)C(C)(C)C)[C@@H]1O[Si](C)(C)C(C)(C)C.O=c1cc[nH]c(=S)[nH]1. The first-order chi connectivity index (χ1) is 17.2. The minimum atomic E-state index is -2.13. The van der Waals surface area contributed by atoms with Crippen LogP contribution >= 0.6 is 12.2 Å². The Labute approximate surface area is 245 Å². The molecule has 2 heterocycles. The lowest BCUT2D eigenvalue weighted by Crippen LogP contribution is -2.55. The topological polar surface area (TPSA) is 106 Å². The first-order valence-corrected chi connectivity index (χ1v) is 23.0. The van der Waals surface area contributed by atoms with Crippen molar-refractivity contribution in [2.24, 2.45) is 0 Å². The van der Waals surface area contributed by atoms with E-state index in [0.29, 0.717) is 11.4 Å². The van der Waals surface area contributed by atoms with Gasteiger partial charge in [0.1, 0.15) is 18.3 Å². The van der Waals surface area contributed by atoms with Crippen molar-refractivity contribution in [3.05, 3.63) is 27.4 Å². The molecule has 3 N–H and O–H groups in total. The molecule has 1 fully saturated rings. The van der Waals surface area contributed by atoms with Gasteiger partial charge in [-0.15, -0.1) is 0 Å². The summed E-state index contributed by atoms with van der Waals surface area (Å²) in [7, 11) is -6.20. The molecule has 12 heteroatoms. The number of rotatable bonds is 7.